The third-order valence-electron chi connectivity index (χ3n) is 6.29. The molecule has 3 aromatic carbocycles. The number of amides is 1. The second-order valence-electron chi connectivity index (χ2n) is 8.66. The Hall–Kier alpha value is -3.48. The number of carbonyl (C=O) groups is 1. The molecule has 4 nitrogen and oxygen atoms in total. The van der Waals surface area contributed by atoms with Crippen LogP contribution in [-0.4, -0.2) is 26.1 Å². The third-order valence-corrected chi connectivity index (χ3v) is 6.29. The minimum absolute atomic E-state index is 0.125. The van der Waals surface area contributed by atoms with Gasteiger partial charge in [0.15, 0.2) is 0 Å². The summed E-state index contributed by atoms with van der Waals surface area (Å²) in [7, 11) is 1.62. The fourth-order valence-corrected chi connectivity index (χ4v) is 4.49. The zero-order chi connectivity index (χ0) is 24.8. The summed E-state index contributed by atoms with van der Waals surface area (Å²) in [6.45, 7) is 1.25. The number of nitrogens with one attached hydrogen (secondary N) is 1. The van der Waals surface area contributed by atoms with Crippen LogP contribution in [0.5, 0.6) is 5.75 Å². The Labute approximate surface area is 203 Å². The second kappa shape index (κ2) is 10.8. The van der Waals surface area contributed by atoms with Gasteiger partial charge < -0.3 is 15.0 Å². The Morgan fingerprint density at radius 3 is 2.49 bits per heavy atom. The van der Waals surface area contributed by atoms with Crippen LogP contribution >= 0.6 is 0 Å². The molecule has 0 fully saturated rings. The molecule has 7 heteroatoms. The first-order chi connectivity index (χ1) is 16.9. The molecule has 4 rings (SSSR count). The predicted octanol–water partition coefficient (Wildman–Crippen LogP) is 5.96. The number of halogens is 3. The van der Waals surface area contributed by atoms with Crippen molar-refractivity contribution in [2.24, 2.45) is 0 Å². The van der Waals surface area contributed by atoms with Gasteiger partial charge >= 0.3 is 6.18 Å². The van der Waals surface area contributed by atoms with Gasteiger partial charge in [0.05, 0.1) is 12.2 Å². The minimum Gasteiger partial charge on any atom is -0.493 e. The molecule has 0 spiro atoms. The highest BCUT2D eigenvalue weighted by atomic mass is 19.4. The molecular weight excluding hydrogens is 453 g/mol. The van der Waals surface area contributed by atoms with Gasteiger partial charge in [0.1, 0.15) is 11.8 Å². The van der Waals surface area contributed by atoms with E-state index in [0.717, 1.165) is 53.1 Å². The first kappa shape index (κ1) is 24.6. The van der Waals surface area contributed by atoms with Crippen molar-refractivity contribution < 1.29 is 22.7 Å². The smallest absolute Gasteiger partial charge is 0.416 e. The van der Waals surface area contributed by atoms with Crippen molar-refractivity contribution in [1.29, 1.82) is 0 Å². The van der Waals surface area contributed by atoms with Crippen LogP contribution in [0.4, 0.5) is 18.9 Å². The van der Waals surface area contributed by atoms with E-state index < -0.39 is 17.8 Å². The summed E-state index contributed by atoms with van der Waals surface area (Å²) >= 11 is 0. The normalized spacial score (nSPS) is 13.9. The number of likely N-dealkylation sites (N-methyl/N-ethyl adjacent to an activating group) is 1. The number of hydrogen-bond acceptors (Lipinski definition) is 3. The molecule has 3 aromatic rings. The molecule has 0 saturated heterocycles. The number of aryl methyl sites for hydroxylation is 2. The Morgan fingerprint density at radius 1 is 1.06 bits per heavy atom. The van der Waals surface area contributed by atoms with Crippen LogP contribution in [0.25, 0.3) is 0 Å². The average Bonchev–Trinajstić information content (AvgIpc) is 2.88. The molecule has 184 valence electrons. The minimum atomic E-state index is -4.35. The predicted molar refractivity (Wildman–Crippen MR) is 131 cm³/mol. The molecule has 1 atom stereocenters. The molecule has 1 amide bonds. The number of alkyl halides is 3. The number of nitrogens with zero attached hydrogens (tertiary/aromatic N) is 1. The van der Waals surface area contributed by atoms with E-state index in [4.69, 9.17) is 4.74 Å². The van der Waals surface area contributed by atoms with Gasteiger partial charge in [-0.25, -0.2) is 0 Å². The zero-order valence-electron chi connectivity index (χ0n) is 19.6. The third kappa shape index (κ3) is 5.96. The van der Waals surface area contributed by atoms with Crippen LogP contribution in [0.1, 0.15) is 41.1 Å². The maximum absolute atomic E-state index is 13.1. The summed E-state index contributed by atoms with van der Waals surface area (Å²) in [5.41, 5.74) is 3.08. The summed E-state index contributed by atoms with van der Waals surface area (Å²) in [5, 5.41) is 2.79. The highest BCUT2D eigenvalue weighted by Crippen LogP contribution is 2.34. The van der Waals surface area contributed by atoms with Gasteiger partial charge in [-0.3, -0.25) is 4.79 Å². The molecular formula is C28H29F3N2O2. The van der Waals surface area contributed by atoms with Crippen molar-refractivity contribution in [3.63, 3.8) is 0 Å². The van der Waals surface area contributed by atoms with Crippen LogP contribution in [0, 0.1) is 0 Å². The van der Waals surface area contributed by atoms with Gasteiger partial charge in [0.2, 0.25) is 5.91 Å². The van der Waals surface area contributed by atoms with Crippen molar-refractivity contribution in [3.8, 4) is 5.75 Å². The van der Waals surface area contributed by atoms with E-state index in [1.165, 1.54) is 12.1 Å². The SMILES string of the molecule is CNC(=O)[C@@H](c1ccccc1)N(CCCc1ccc(C(F)(F)F)cc1)c1ccc2c(c1)CCCO2. The topological polar surface area (TPSA) is 41.6 Å². The van der Waals surface area contributed by atoms with E-state index in [2.05, 4.69) is 16.3 Å². The van der Waals surface area contributed by atoms with Crippen LogP contribution in [0.3, 0.4) is 0 Å². The first-order valence-corrected chi connectivity index (χ1v) is 11.8. The molecule has 1 N–H and O–H groups in total. The standard InChI is InChI=1S/C28H29F3N2O2/c1-32-27(34)26(21-8-3-2-4-9-21)33(24-15-16-25-22(19-24)10-6-18-35-25)17-5-7-20-11-13-23(14-12-20)28(29,30)31/h2-4,8-9,11-16,19,26H,5-7,10,17-18H2,1H3,(H,32,34)/t26-/m1/s1. The summed E-state index contributed by atoms with van der Waals surface area (Å²) in [5.74, 6) is 0.751. The highest BCUT2D eigenvalue weighted by molar-refractivity contribution is 5.86. The first-order valence-electron chi connectivity index (χ1n) is 11.8. The molecule has 1 aliphatic heterocycles. The van der Waals surface area contributed by atoms with E-state index >= 15 is 0 Å². The number of anilines is 1. The maximum atomic E-state index is 13.1. The molecule has 1 aliphatic rings. The number of ether oxygens (including phenoxy) is 1. The molecule has 1 heterocycles. The summed E-state index contributed by atoms with van der Waals surface area (Å²) in [6.07, 6.45) is -1.22. The molecule has 0 bridgehead atoms. The van der Waals surface area contributed by atoms with Crippen LogP contribution in [0.2, 0.25) is 0 Å². The van der Waals surface area contributed by atoms with E-state index in [0.29, 0.717) is 26.0 Å². The second-order valence-corrected chi connectivity index (χ2v) is 8.66. The van der Waals surface area contributed by atoms with Gasteiger partial charge in [0.25, 0.3) is 0 Å². The van der Waals surface area contributed by atoms with Gasteiger partial charge in [0, 0.05) is 19.3 Å². The van der Waals surface area contributed by atoms with Gasteiger partial charge in [-0.2, -0.15) is 13.2 Å². The summed E-state index contributed by atoms with van der Waals surface area (Å²) < 4.78 is 44.4. The van der Waals surface area contributed by atoms with Crippen molar-refractivity contribution >= 4 is 11.6 Å². The lowest BCUT2D eigenvalue weighted by molar-refractivity contribution is -0.137. The van der Waals surface area contributed by atoms with E-state index in [9.17, 15) is 18.0 Å². The van der Waals surface area contributed by atoms with E-state index in [1.54, 1.807) is 7.05 Å². The Bertz CT molecular complexity index is 1130. The lowest BCUT2D eigenvalue weighted by Crippen LogP contribution is -2.40. The number of fused-ring (bicyclic) bond motifs is 1. The van der Waals surface area contributed by atoms with E-state index in [-0.39, 0.29) is 5.91 Å². The van der Waals surface area contributed by atoms with Crippen LogP contribution < -0.4 is 15.0 Å². The summed E-state index contributed by atoms with van der Waals surface area (Å²) in [6, 6.07) is 20.4. The monoisotopic (exact) mass is 482 g/mol. The quantitative estimate of drug-likeness (QED) is 0.431. The molecule has 0 aliphatic carbocycles. The number of hydrogen-bond donors (Lipinski definition) is 1. The van der Waals surface area contributed by atoms with Crippen LogP contribution in [-0.2, 0) is 23.8 Å². The number of rotatable bonds is 8. The van der Waals surface area contributed by atoms with E-state index in [1.807, 2.05) is 42.5 Å². The molecule has 35 heavy (non-hydrogen) atoms. The number of benzene rings is 3. The average molecular weight is 483 g/mol. The Kier molecular flexibility index (Phi) is 7.63. The largest absolute Gasteiger partial charge is 0.493 e. The fourth-order valence-electron chi connectivity index (χ4n) is 4.49. The van der Waals surface area contributed by atoms with Crippen molar-refractivity contribution in [3.05, 3.63) is 95.1 Å². The molecule has 0 unspecified atom stereocenters. The van der Waals surface area contributed by atoms with Gasteiger partial charge in [-0.05, 0) is 72.7 Å². The Morgan fingerprint density at radius 2 is 1.80 bits per heavy atom. The highest BCUT2D eigenvalue weighted by Gasteiger charge is 2.30. The molecule has 0 aromatic heterocycles. The molecule has 0 saturated carbocycles. The summed E-state index contributed by atoms with van der Waals surface area (Å²) in [4.78, 5) is 15.2. The lowest BCUT2D eigenvalue weighted by atomic mass is 10.00. The van der Waals surface area contributed by atoms with Gasteiger partial charge in [-0.15, -0.1) is 0 Å². The fraction of sp³-hybridized carbons (Fsp3) is 0.321. The van der Waals surface area contributed by atoms with Crippen molar-refractivity contribution in [2.45, 2.75) is 37.9 Å². The van der Waals surface area contributed by atoms with Gasteiger partial charge in [-0.1, -0.05) is 42.5 Å². The zero-order valence-corrected chi connectivity index (χ0v) is 19.6. The van der Waals surface area contributed by atoms with Crippen LogP contribution in [0.15, 0.2) is 72.8 Å². The number of carbonyl (C=O) groups excluding carboxylic acids is 1. The Balaban J connectivity index is 1.60. The lowest BCUT2D eigenvalue weighted by Gasteiger charge is -2.34. The van der Waals surface area contributed by atoms with Crippen molar-refractivity contribution in [1.82, 2.24) is 5.32 Å². The molecule has 0 radical (unpaired) electrons. The maximum Gasteiger partial charge on any atom is 0.416 e. The van der Waals surface area contributed by atoms with Crippen molar-refractivity contribution in [2.75, 3.05) is 25.1 Å².